The van der Waals surface area contributed by atoms with E-state index in [1.807, 2.05) is 36.4 Å². The molecular formula is C21H24O5. The summed E-state index contributed by atoms with van der Waals surface area (Å²) >= 11 is 0. The highest BCUT2D eigenvalue weighted by molar-refractivity contribution is 6.07. The summed E-state index contributed by atoms with van der Waals surface area (Å²) in [5.41, 5.74) is 0.460. The standard InChI is InChI=1S/C21H24O5/c1-3-19(22)26-15-9-5-4-8-14-25-18-13-12-16-10-6-7-11-17(16)20(18)21(23)24-2/h3,6-7,10-13H,1,4-5,8-9,14-15H2,2H3. The van der Waals surface area contributed by atoms with Gasteiger partial charge in [-0.05, 0) is 42.5 Å². The minimum atomic E-state index is -0.402. The van der Waals surface area contributed by atoms with Crippen LogP contribution >= 0.6 is 0 Å². The summed E-state index contributed by atoms with van der Waals surface area (Å²) in [6, 6.07) is 11.4. The van der Waals surface area contributed by atoms with E-state index in [0.29, 0.717) is 24.5 Å². The van der Waals surface area contributed by atoms with Crippen molar-refractivity contribution in [3.8, 4) is 5.75 Å². The molecule has 5 heteroatoms. The predicted octanol–water partition coefficient (Wildman–Crippen LogP) is 4.29. The Morgan fingerprint density at radius 1 is 1.00 bits per heavy atom. The number of ether oxygens (including phenoxy) is 3. The Labute approximate surface area is 153 Å². The van der Waals surface area contributed by atoms with E-state index < -0.39 is 5.97 Å². The highest BCUT2D eigenvalue weighted by Crippen LogP contribution is 2.29. The summed E-state index contributed by atoms with van der Waals surface area (Å²) in [5.74, 6) is -0.253. The summed E-state index contributed by atoms with van der Waals surface area (Å²) in [7, 11) is 1.37. The van der Waals surface area contributed by atoms with E-state index in [1.54, 1.807) is 0 Å². The van der Waals surface area contributed by atoms with Crippen molar-refractivity contribution >= 4 is 22.7 Å². The van der Waals surface area contributed by atoms with Crippen LogP contribution in [0.5, 0.6) is 5.75 Å². The van der Waals surface area contributed by atoms with E-state index in [9.17, 15) is 9.59 Å². The van der Waals surface area contributed by atoms with Crippen LogP contribution in [0.25, 0.3) is 10.8 Å². The van der Waals surface area contributed by atoms with Crippen LogP contribution in [0, 0.1) is 0 Å². The lowest BCUT2D eigenvalue weighted by Crippen LogP contribution is -2.07. The van der Waals surface area contributed by atoms with Gasteiger partial charge in [-0.2, -0.15) is 0 Å². The Kier molecular flexibility index (Phi) is 7.68. The van der Waals surface area contributed by atoms with Gasteiger partial charge in [-0.15, -0.1) is 0 Å². The second-order valence-electron chi connectivity index (χ2n) is 5.79. The number of carbonyl (C=O) groups is 2. The number of hydrogen-bond acceptors (Lipinski definition) is 5. The Morgan fingerprint density at radius 2 is 1.73 bits per heavy atom. The number of unbranched alkanes of at least 4 members (excludes halogenated alkanes) is 3. The van der Waals surface area contributed by atoms with Crippen molar-refractivity contribution in [2.45, 2.75) is 25.7 Å². The minimum Gasteiger partial charge on any atom is -0.493 e. The van der Waals surface area contributed by atoms with Gasteiger partial charge in [0.05, 0.1) is 20.3 Å². The first-order valence-electron chi connectivity index (χ1n) is 8.69. The molecule has 0 spiro atoms. The zero-order valence-electron chi connectivity index (χ0n) is 15.0. The maximum Gasteiger partial charge on any atom is 0.342 e. The van der Waals surface area contributed by atoms with Crippen molar-refractivity contribution in [3.05, 3.63) is 54.6 Å². The molecule has 0 aliphatic heterocycles. The van der Waals surface area contributed by atoms with Crippen LogP contribution in [-0.2, 0) is 14.3 Å². The van der Waals surface area contributed by atoms with Gasteiger partial charge < -0.3 is 14.2 Å². The summed E-state index contributed by atoms with van der Waals surface area (Å²) < 4.78 is 15.7. The molecule has 5 nitrogen and oxygen atoms in total. The monoisotopic (exact) mass is 356 g/mol. The molecule has 0 aromatic heterocycles. The third-order valence-electron chi connectivity index (χ3n) is 3.99. The number of hydrogen-bond donors (Lipinski definition) is 0. The molecule has 0 aliphatic carbocycles. The molecule has 0 aliphatic rings. The van der Waals surface area contributed by atoms with Crippen molar-refractivity contribution in [2.75, 3.05) is 20.3 Å². The molecule has 0 bridgehead atoms. The fourth-order valence-electron chi connectivity index (χ4n) is 2.66. The number of rotatable bonds is 10. The Balaban J connectivity index is 1.86. The molecule has 0 N–H and O–H groups in total. The topological polar surface area (TPSA) is 61.8 Å². The van der Waals surface area contributed by atoms with Crippen molar-refractivity contribution in [2.24, 2.45) is 0 Å². The van der Waals surface area contributed by atoms with Gasteiger partial charge in [0, 0.05) is 6.08 Å². The molecule has 138 valence electrons. The summed E-state index contributed by atoms with van der Waals surface area (Å²) in [5, 5.41) is 1.79. The van der Waals surface area contributed by atoms with Gasteiger partial charge in [0.1, 0.15) is 11.3 Å². The fourth-order valence-corrected chi connectivity index (χ4v) is 2.66. The maximum absolute atomic E-state index is 12.2. The average Bonchev–Trinajstić information content (AvgIpc) is 2.68. The second-order valence-corrected chi connectivity index (χ2v) is 5.79. The Morgan fingerprint density at radius 3 is 2.46 bits per heavy atom. The first-order valence-corrected chi connectivity index (χ1v) is 8.69. The Hall–Kier alpha value is -2.82. The van der Waals surface area contributed by atoms with Crippen LogP contribution in [0.3, 0.4) is 0 Å². The van der Waals surface area contributed by atoms with Crippen LogP contribution in [0.4, 0.5) is 0 Å². The smallest absolute Gasteiger partial charge is 0.342 e. The number of carbonyl (C=O) groups excluding carboxylic acids is 2. The number of methoxy groups -OCH3 is 1. The minimum absolute atomic E-state index is 0.389. The SMILES string of the molecule is C=CC(=O)OCCCCCCOc1ccc2ccccc2c1C(=O)OC. The van der Waals surface area contributed by atoms with Gasteiger partial charge >= 0.3 is 11.9 Å². The normalized spacial score (nSPS) is 10.3. The first-order chi connectivity index (χ1) is 12.7. The molecule has 0 fully saturated rings. The van der Waals surface area contributed by atoms with Gasteiger partial charge in [-0.1, -0.05) is 36.9 Å². The molecule has 0 heterocycles. The largest absolute Gasteiger partial charge is 0.493 e. The average molecular weight is 356 g/mol. The zero-order valence-corrected chi connectivity index (χ0v) is 15.0. The van der Waals surface area contributed by atoms with Gasteiger partial charge in [-0.25, -0.2) is 9.59 Å². The summed E-state index contributed by atoms with van der Waals surface area (Å²) in [6.07, 6.45) is 4.71. The molecule has 0 saturated carbocycles. The van der Waals surface area contributed by atoms with E-state index >= 15 is 0 Å². The third kappa shape index (κ3) is 5.34. The van der Waals surface area contributed by atoms with E-state index in [1.165, 1.54) is 7.11 Å². The summed E-state index contributed by atoms with van der Waals surface area (Å²) in [6.45, 7) is 4.26. The van der Waals surface area contributed by atoms with Crippen LogP contribution in [0.1, 0.15) is 36.0 Å². The van der Waals surface area contributed by atoms with Crippen LogP contribution in [0.15, 0.2) is 49.1 Å². The number of benzene rings is 2. The highest BCUT2D eigenvalue weighted by atomic mass is 16.5. The third-order valence-corrected chi connectivity index (χ3v) is 3.99. The summed E-state index contributed by atoms with van der Waals surface area (Å²) in [4.78, 5) is 23.1. The lowest BCUT2D eigenvalue weighted by Gasteiger charge is -2.13. The predicted molar refractivity (Wildman–Crippen MR) is 100 cm³/mol. The Bertz CT molecular complexity index is 766. The molecule has 0 atom stereocenters. The van der Waals surface area contributed by atoms with E-state index in [2.05, 4.69) is 6.58 Å². The van der Waals surface area contributed by atoms with Crippen LogP contribution in [0.2, 0.25) is 0 Å². The first kappa shape index (κ1) is 19.5. The van der Waals surface area contributed by atoms with Gasteiger partial charge in [0.15, 0.2) is 0 Å². The van der Waals surface area contributed by atoms with Gasteiger partial charge in [-0.3, -0.25) is 0 Å². The number of fused-ring (bicyclic) bond motifs is 1. The number of esters is 2. The van der Waals surface area contributed by atoms with Crippen molar-refractivity contribution < 1.29 is 23.8 Å². The lowest BCUT2D eigenvalue weighted by atomic mass is 10.0. The fraction of sp³-hybridized carbons (Fsp3) is 0.333. The van der Waals surface area contributed by atoms with Crippen molar-refractivity contribution in [1.29, 1.82) is 0 Å². The van der Waals surface area contributed by atoms with Crippen LogP contribution in [-0.4, -0.2) is 32.3 Å². The molecular weight excluding hydrogens is 332 g/mol. The molecule has 0 radical (unpaired) electrons. The molecule has 26 heavy (non-hydrogen) atoms. The quantitative estimate of drug-likeness (QED) is 0.361. The molecule has 2 aromatic rings. The molecule has 0 unspecified atom stereocenters. The highest BCUT2D eigenvalue weighted by Gasteiger charge is 2.17. The molecule has 0 amide bonds. The van der Waals surface area contributed by atoms with Crippen LogP contribution < -0.4 is 4.74 Å². The van der Waals surface area contributed by atoms with E-state index in [4.69, 9.17) is 14.2 Å². The second kappa shape index (κ2) is 10.2. The van der Waals surface area contributed by atoms with Crippen molar-refractivity contribution in [3.63, 3.8) is 0 Å². The lowest BCUT2D eigenvalue weighted by molar-refractivity contribution is -0.137. The van der Waals surface area contributed by atoms with Gasteiger partial charge in [0.25, 0.3) is 0 Å². The van der Waals surface area contributed by atoms with E-state index in [-0.39, 0.29) is 5.97 Å². The molecule has 2 aromatic carbocycles. The molecule has 2 rings (SSSR count). The maximum atomic E-state index is 12.2. The van der Waals surface area contributed by atoms with E-state index in [0.717, 1.165) is 42.5 Å². The molecule has 0 saturated heterocycles. The van der Waals surface area contributed by atoms with Crippen molar-refractivity contribution in [1.82, 2.24) is 0 Å². The zero-order chi connectivity index (χ0) is 18.8. The van der Waals surface area contributed by atoms with Gasteiger partial charge in [0.2, 0.25) is 0 Å².